The van der Waals surface area contributed by atoms with Gasteiger partial charge in [-0.05, 0) is 12.8 Å². The van der Waals surface area contributed by atoms with Gasteiger partial charge in [0.1, 0.15) is 0 Å². The molecule has 2 saturated heterocycles. The first kappa shape index (κ1) is 15.3. The van der Waals surface area contributed by atoms with Crippen LogP contribution in [0.1, 0.15) is 12.8 Å². The van der Waals surface area contributed by atoms with Gasteiger partial charge in [-0.1, -0.05) is 0 Å². The Morgan fingerprint density at radius 1 is 1.35 bits per heavy atom. The highest BCUT2D eigenvalue weighted by molar-refractivity contribution is 7.80. The molecular weight excluding hydrogens is 309 g/mol. The number of nitrogens with zero attached hydrogens (tertiary/aromatic N) is 2. The molecule has 2 aliphatic heterocycles. The van der Waals surface area contributed by atoms with Gasteiger partial charge >= 0.3 is 22.8 Å². The van der Waals surface area contributed by atoms with Crippen LogP contribution in [0.2, 0.25) is 0 Å². The Morgan fingerprint density at radius 3 is 2.55 bits per heavy atom. The van der Waals surface area contributed by atoms with Crippen LogP contribution < -0.4 is 0 Å². The van der Waals surface area contributed by atoms with Crippen molar-refractivity contribution in [1.82, 2.24) is 9.96 Å². The van der Waals surface area contributed by atoms with Crippen LogP contribution in [0.5, 0.6) is 0 Å². The summed E-state index contributed by atoms with van der Waals surface area (Å²) in [5, 5.41) is 0.461. The van der Waals surface area contributed by atoms with Crippen LogP contribution in [-0.2, 0) is 19.4 Å². The van der Waals surface area contributed by atoms with E-state index in [0.29, 0.717) is 5.06 Å². The molecule has 2 amide bonds. The zero-order valence-electron chi connectivity index (χ0n) is 9.91. The van der Waals surface area contributed by atoms with Crippen molar-refractivity contribution in [3.8, 4) is 0 Å². The lowest BCUT2D eigenvalue weighted by Gasteiger charge is -2.30. The van der Waals surface area contributed by atoms with Crippen molar-refractivity contribution >= 4 is 16.4 Å². The molecule has 8 nitrogen and oxygen atoms in total. The van der Waals surface area contributed by atoms with Crippen molar-refractivity contribution in [2.75, 3.05) is 13.2 Å². The predicted octanol–water partition coefficient (Wildman–Crippen LogP) is 0.526. The lowest BCUT2D eigenvalue weighted by molar-refractivity contribution is -0.328. The fourth-order valence-corrected chi connectivity index (χ4v) is 2.66. The normalized spacial score (nSPS) is 27.3. The quantitative estimate of drug-likeness (QED) is 0.759. The molecule has 0 aliphatic carbocycles. The average molecular weight is 320 g/mol. The molecule has 12 heteroatoms. The van der Waals surface area contributed by atoms with Crippen LogP contribution in [0.4, 0.5) is 18.0 Å². The molecule has 2 atom stereocenters. The van der Waals surface area contributed by atoms with E-state index in [9.17, 15) is 26.4 Å². The molecule has 2 heterocycles. The third-order valence-electron chi connectivity index (χ3n) is 3.06. The number of ether oxygens (including phenoxy) is 1. The lowest BCUT2D eigenvalue weighted by atomic mass is 10.0. The van der Waals surface area contributed by atoms with Crippen LogP contribution in [0.25, 0.3) is 0 Å². The summed E-state index contributed by atoms with van der Waals surface area (Å²) >= 11 is 0. The van der Waals surface area contributed by atoms with Crippen molar-refractivity contribution in [1.29, 1.82) is 0 Å². The summed E-state index contributed by atoms with van der Waals surface area (Å²) in [6.07, 6.45) is -4.36. The highest BCUT2D eigenvalue weighted by Crippen LogP contribution is 2.31. The van der Waals surface area contributed by atoms with E-state index in [1.165, 1.54) is 0 Å². The summed E-state index contributed by atoms with van der Waals surface area (Å²) in [5.74, 6) is 0. The third kappa shape index (κ3) is 3.50. The first-order chi connectivity index (χ1) is 9.07. The van der Waals surface area contributed by atoms with E-state index in [-0.39, 0.29) is 19.4 Å². The molecule has 116 valence electrons. The number of urea groups is 1. The molecule has 0 radical (unpaired) electrons. The number of halogens is 3. The van der Waals surface area contributed by atoms with Gasteiger partial charge in [-0.15, -0.1) is 17.5 Å². The zero-order valence-corrected chi connectivity index (χ0v) is 10.7. The molecule has 2 bridgehead atoms. The second-order valence-corrected chi connectivity index (χ2v) is 5.41. The van der Waals surface area contributed by atoms with Crippen molar-refractivity contribution in [2.24, 2.45) is 0 Å². The second kappa shape index (κ2) is 5.02. The summed E-state index contributed by atoms with van der Waals surface area (Å²) < 4.78 is 73.5. The summed E-state index contributed by atoms with van der Waals surface area (Å²) in [4.78, 5) is 12.8. The second-order valence-electron chi connectivity index (χ2n) is 4.40. The molecule has 0 aromatic carbocycles. The van der Waals surface area contributed by atoms with Crippen LogP contribution in [-0.4, -0.2) is 60.6 Å². The molecule has 2 aliphatic rings. The fourth-order valence-electron chi connectivity index (χ4n) is 2.27. The third-order valence-corrected chi connectivity index (χ3v) is 3.41. The number of hydrogen-bond donors (Lipinski definition) is 1. The van der Waals surface area contributed by atoms with E-state index in [1.807, 2.05) is 0 Å². The molecule has 0 aromatic heterocycles. The van der Waals surface area contributed by atoms with E-state index in [0.717, 1.165) is 4.90 Å². The topological polar surface area (TPSA) is 96.4 Å². The number of carbonyl (C=O) groups excluding carboxylic acids is 1. The standard InChI is InChI=1S/C8H11F3N2O6S/c9-8(10,11)18-4-6-2-1-5-3-12(6)7(14)13(5)19-20(15,16)17/h5-6H,1-4H2,(H,15,16,17)/t5-,6+/m1/s1. The zero-order chi connectivity index (χ0) is 15.1. The van der Waals surface area contributed by atoms with Gasteiger partial charge in [0.25, 0.3) is 0 Å². The van der Waals surface area contributed by atoms with Gasteiger partial charge in [0, 0.05) is 6.54 Å². The van der Waals surface area contributed by atoms with E-state index >= 15 is 0 Å². The van der Waals surface area contributed by atoms with E-state index in [4.69, 9.17) is 4.55 Å². The molecular formula is C8H11F3N2O6S. The first-order valence-corrected chi connectivity index (χ1v) is 6.91. The fraction of sp³-hybridized carbons (Fsp3) is 0.875. The lowest BCUT2D eigenvalue weighted by Crippen LogP contribution is -2.43. The van der Waals surface area contributed by atoms with Gasteiger partial charge in [0.15, 0.2) is 0 Å². The van der Waals surface area contributed by atoms with Gasteiger partial charge in [0.05, 0.1) is 18.7 Å². The predicted molar refractivity (Wildman–Crippen MR) is 55.4 cm³/mol. The molecule has 0 aromatic rings. The van der Waals surface area contributed by atoms with Gasteiger partial charge in [0.2, 0.25) is 0 Å². The largest absolute Gasteiger partial charge is 0.522 e. The SMILES string of the molecule is O=C1N2C[C@@H](CC[C@H]2COC(F)(F)F)N1OS(=O)(=O)O. The summed E-state index contributed by atoms with van der Waals surface area (Å²) in [6.45, 7) is -0.720. The minimum absolute atomic E-state index is 0.0141. The molecule has 2 fully saturated rings. The van der Waals surface area contributed by atoms with Gasteiger partial charge in [-0.2, -0.15) is 13.5 Å². The highest BCUT2D eigenvalue weighted by Gasteiger charge is 2.48. The van der Waals surface area contributed by atoms with Crippen molar-refractivity contribution in [3.05, 3.63) is 0 Å². The van der Waals surface area contributed by atoms with Crippen molar-refractivity contribution in [3.63, 3.8) is 0 Å². The smallest absolute Gasteiger partial charge is 0.315 e. The maximum atomic E-state index is 12.0. The summed E-state index contributed by atoms with van der Waals surface area (Å²) in [7, 11) is -4.86. The summed E-state index contributed by atoms with van der Waals surface area (Å²) in [5.41, 5.74) is 0. The maximum absolute atomic E-state index is 12.0. The van der Waals surface area contributed by atoms with Crippen molar-refractivity contribution in [2.45, 2.75) is 31.3 Å². The van der Waals surface area contributed by atoms with Crippen molar-refractivity contribution < 1.29 is 40.0 Å². The maximum Gasteiger partial charge on any atom is 0.522 e. The molecule has 0 unspecified atom stereocenters. The van der Waals surface area contributed by atoms with E-state index in [1.54, 1.807) is 0 Å². The Morgan fingerprint density at radius 2 is 2.00 bits per heavy atom. The highest BCUT2D eigenvalue weighted by atomic mass is 32.3. The number of alkyl halides is 3. The number of rotatable bonds is 4. The number of hydroxylamine groups is 2. The van der Waals surface area contributed by atoms with Crippen LogP contribution in [0.15, 0.2) is 0 Å². The Labute approximate surface area is 111 Å². The van der Waals surface area contributed by atoms with Crippen LogP contribution in [0, 0.1) is 0 Å². The first-order valence-electron chi connectivity index (χ1n) is 5.54. The Bertz CT molecular complexity index is 495. The number of fused-ring (bicyclic) bond motifs is 2. The number of piperidine rings is 1. The minimum Gasteiger partial charge on any atom is -0.315 e. The number of carbonyl (C=O) groups is 1. The number of amides is 2. The Hall–Kier alpha value is -1.11. The van der Waals surface area contributed by atoms with E-state index < -0.39 is 41.5 Å². The molecule has 0 spiro atoms. The number of hydrogen-bond acceptors (Lipinski definition) is 5. The van der Waals surface area contributed by atoms with Gasteiger partial charge in [-0.3, -0.25) is 9.29 Å². The van der Waals surface area contributed by atoms with Gasteiger partial charge in [-0.25, -0.2) is 4.79 Å². The van der Waals surface area contributed by atoms with Crippen LogP contribution >= 0.6 is 0 Å². The molecule has 2 rings (SSSR count). The van der Waals surface area contributed by atoms with Gasteiger partial charge < -0.3 is 4.90 Å². The Kier molecular flexibility index (Phi) is 3.83. The Balaban J connectivity index is 2.02. The minimum atomic E-state index is -4.86. The summed E-state index contributed by atoms with van der Waals surface area (Å²) in [6, 6.07) is -2.37. The molecule has 0 saturated carbocycles. The molecule has 20 heavy (non-hydrogen) atoms. The average Bonchev–Trinajstić information content (AvgIpc) is 2.51. The monoisotopic (exact) mass is 320 g/mol. The molecule has 1 N–H and O–H groups in total. The van der Waals surface area contributed by atoms with Crippen LogP contribution in [0.3, 0.4) is 0 Å². The van der Waals surface area contributed by atoms with E-state index in [2.05, 4.69) is 9.02 Å².